The summed E-state index contributed by atoms with van der Waals surface area (Å²) >= 11 is 0. The SMILES string of the molecule is CCNC(=NCCC(=O)OC)Nc1ccc(OC)c(OCC)c1. The average molecular weight is 323 g/mol. The fraction of sp³-hybridized carbons (Fsp3) is 0.500. The van der Waals surface area contributed by atoms with Crippen molar-refractivity contribution in [3.05, 3.63) is 18.2 Å². The van der Waals surface area contributed by atoms with Crippen molar-refractivity contribution in [2.75, 3.05) is 39.2 Å². The Bertz CT molecular complexity index is 532. The normalized spacial score (nSPS) is 10.9. The molecule has 0 aliphatic rings. The van der Waals surface area contributed by atoms with Gasteiger partial charge in [0.15, 0.2) is 17.5 Å². The van der Waals surface area contributed by atoms with E-state index in [1.54, 1.807) is 7.11 Å². The van der Waals surface area contributed by atoms with Crippen LogP contribution in [0.1, 0.15) is 20.3 Å². The topological polar surface area (TPSA) is 81.2 Å². The smallest absolute Gasteiger partial charge is 0.307 e. The summed E-state index contributed by atoms with van der Waals surface area (Å²) < 4.78 is 15.4. The Morgan fingerprint density at radius 2 is 2.00 bits per heavy atom. The van der Waals surface area contributed by atoms with E-state index >= 15 is 0 Å². The minimum atomic E-state index is -0.285. The first kappa shape index (κ1) is 18.6. The van der Waals surface area contributed by atoms with Gasteiger partial charge in [0.25, 0.3) is 0 Å². The summed E-state index contributed by atoms with van der Waals surface area (Å²) in [6.45, 7) is 5.48. The van der Waals surface area contributed by atoms with Gasteiger partial charge in [-0.25, -0.2) is 0 Å². The van der Waals surface area contributed by atoms with Crippen LogP contribution in [0.4, 0.5) is 5.69 Å². The molecule has 1 aromatic carbocycles. The van der Waals surface area contributed by atoms with Gasteiger partial charge in [-0.15, -0.1) is 0 Å². The van der Waals surface area contributed by atoms with E-state index in [2.05, 4.69) is 20.4 Å². The standard InChI is InChI=1S/C16H25N3O4/c1-5-17-16(18-10-9-15(20)22-4)19-12-7-8-13(21-3)14(11-12)23-6-2/h7-8,11H,5-6,9-10H2,1-4H3,(H2,17,18,19). The van der Waals surface area contributed by atoms with E-state index in [0.717, 1.165) is 5.69 Å². The highest BCUT2D eigenvalue weighted by atomic mass is 16.5. The zero-order valence-corrected chi connectivity index (χ0v) is 14.1. The lowest BCUT2D eigenvalue weighted by atomic mass is 10.2. The van der Waals surface area contributed by atoms with E-state index in [4.69, 9.17) is 9.47 Å². The molecule has 0 aliphatic heterocycles. The van der Waals surface area contributed by atoms with Gasteiger partial charge in [0.1, 0.15) is 0 Å². The van der Waals surface area contributed by atoms with E-state index in [-0.39, 0.29) is 12.4 Å². The molecule has 0 aliphatic carbocycles. The molecule has 0 saturated carbocycles. The number of hydrogen-bond acceptors (Lipinski definition) is 5. The molecule has 7 heteroatoms. The van der Waals surface area contributed by atoms with Gasteiger partial charge in [0.05, 0.1) is 33.8 Å². The molecule has 0 bridgehead atoms. The van der Waals surface area contributed by atoms with Crippen molar-refractivity contribution in [2.24, 2.45) is 4.99 Å². The quantitative estimate of drug-likeness (QED) is 0.433. The summed E-state index contributed by atoms with van der Waals surface area (Å²) in [6.07, 6.45) is 0.236. The molecule has 0 heterocycles. The van der Waals surface area contributed by atoms with Crippen molar-refractivity contribution in [3.8, 4) is 11.5 Å². The van der Waals surface area contributed by atoms with Gasteiger partial charge in [-0.2, -0.15) is 0 Å². The number of rotatable bonds is 8. The van der Waals surface area contributed by atoms with Crippen LogP contribution in [0.15, 0.2) is 23.2 Å². The number of benzene rings is 1. The zero-order chi connectivity index (χ0) is 17.1. The summed E-state index contributed by atoms with van der Waals surface area (Å²) in [4.78, 5) is 15.5. The largest absolute Gasteiger partial charge is 0.493 e. The number of hydrogen-bond donors (Lipinski definition) is 2. The number of ether oxygens (including phenoxy) is 3. The molecular formula is C16H25N3O4. The lowest BCUT2D eigenvalue weighted by Gasteiger charge is -2.14. The highest BCUT2D eigenvalue weighted by molar-refractivity contribution is 5.94. The molecule has 1 rings (SSSR count). The lowest BCUT2D eigenvalue weighted by Crippen LogP contribution is -2.31. The molecule has 0 fully saturated rings. The Kier molecular flexibility index (Phi) is 8.34. The molecule has 0 saturated heterocycles. The lowest BCUT2D eigenvalue weighted by molar-refractivity contribution is -0.140. The fourth-order valence-corrected chi connectivity index (χ4v) is 1.83. The van der Waals surface area contributed by atoms with Crippen LogP contribution in [0.2, 0.25) is 0 Å². The van der Waals surface area contributed by atoms with Crippen LogP contribution in [-0.4, -0.2) is 45.8 Å². The summed E-state index contributed by atoms with van der Waals surface area (Å²) in [5.41, 5.74) is 0.812. The van der Waals surface area contributed by atoms with Crippen molar-refractivity contribution >= 4 is 17.6 Å². The first-order valence-electron chi connectivity index (χ1n) is 7.57. The number of guanidine groups is 1. The van der Waals surface area contributed by atoms with Crippen LogP contribution in [0, 0.1) is 0 Å². The summed E-state index contributed by atoms with van der Waals surface area (Å²) in [6, 6.07) is 5.54. The molecule has 1 aromatic rings. The summed E-state index contributed by atoms with van der Waals surface area (Å²) in [5.74, 6) is 1.63. The van der Waals surface area contributed by atoms with Crippen molar-refractivity contribution in [1.29, 1.82) is 0 Å². The molecule has 0 aromatic heterocycles. The number of anilines is 1. The summed E-state index contributed by atoms with van der Waals surface area (Å²) in [7, 11) is 2.96. The molecule has 0 atom stereocenters. The highest BCUT2D eigenvalue weighted by Gasteiger charge is 2.07. The van der Waals surface area contributed by atoms with E-state index in [1.807, 2.05) is 32.0 Å². The van der Waals surface area contributed by atoms with Gasteiger partial charge < -0.3 is 24.8 Å². The third-order valence-corrected chi connectivity index (χ3v) is 2.88. The zero-order valence-electron chi connectivity index (χ0n) is 14.1. The maximum atomic E-state index is 11.1. The Morgan fingerprint density at radius 3 is 2.61 bits per heavy atom. The van der Waals surface area contributed by atoms with E-state index in [0.29, 0.717) is 37.2 Å². The molecule has 0 radical (unpaired) electrons. The number of esters is 1. The molecule has 2 N–H and O–H groups in total. The molecule has 128 valence electrons. The first-order valence-corrected chi connectivity index (χ1v) is 7.57. The minimum absolute atomic E-state index is 0.236. The second kappa shape index (κ2) is 10.3. The number of methoxy groups -OCH3 is 2. The van der Waals surface area contributed by atoms with Crippen molar-refractivity contribution in [1.82, 2.24) is 5.32 Å². The van der Waals surface area contributed by atoms with E-state index < -0.39 is 0 Å². The van der Waals surface area contributed by atoms with Crippen molar-refractivity contribution in [3.63, 3.8) is 0 Å². The number of aliphatic imine (C=N–C) groups is 1. The van der Waals surface area contributed by atoms with Crippen molar-refractivity contribution in [2.45, 2.75) is 20.3 Å². The Labute approximate surface area is 137 Å². The maximum absolute atomic E-state index is 11.1. The minimum Gasteiger partial charge on any atom is -0.493 e. The fourth-order valence-electron chi connectivity index (χ4n) is 1.83. The first-order chi connectivity index (χ1) is 11.1. The van der Waals surface area contributed by atoms with Gasteiger partial charge >= 0.3 is 5.97 Å². The Morgan fingerprint density at radius 1 is 1.22 bits per heavy atom. The third-order valence-electron chi connectivity index (χ3n) is 2.88. The van der Waals surface area contributed by atoms with Gasteiger partial charge in [-0.05, 0) is 26.0 Å². The van der Waals surface area contributed by atoms with Crippen LogP contribution in [0.5, 0.6) is 11.5 Å². The van der Waals surface area contributed by atoms with Crippen LogP contribution >= 0.6 is 0 Å². The Balaban J connectivity index is 2.80. The molecule has 0 amide bonds. The number of nitrogens with one attached hydrogen (secondary N) is 2. The van der Waals surface area contributed by atoms with Gasteiger partial charge in [0, 0.05) is 18.3 Å². The highest BCUT2D eigenvalue weighted by Crippen LogP contribution is 2.30. The average Bonchev–Trinajstić information content (AvgIpc) is 2.55. The van der Waals surface area contributed by atoms with Crippen molar-refractivity contribution < 1.29 is 19.0 Å². The van der Waals surface area contributed by atoms with Gasteiger partial charge in [0.2, 0.25) is 0 Å². The molecule has 23 heavy (non-hydrogen) atoms. The predicted octanol–water partition coefficient (Wildman–Crippen LogP) is 2.03. The second-order valence-corrected chi connectivity index (χ2v) is 4.51. The molecule has 7 nitrogen and oxygen atoms in total. The molecule has 0 unspecified atom stereocenters. The molecular weight excluding hydrogens is 298 g/mol. The van der Waals surface area contributed by atoms with Gasteiger partial charge in [-0.3, -0.25) is 9.79 Å². The Hall–Kier alpha value is -2.44. The second-order valence-electron chi connectivity index (χ2n) is 4.51. The number of carbonyl (C=O) groups is 1. The predicted molar refractivity (Wildman–Crippen MR) is 90.4 cm³/mol. The molecule has 0 spiro atoms. The van der Waals surface area contributed by atoms with Crippen LogP contribution in [-0.2, 0) is 9.53 Å². The third kappa shape index (κ3) is 6.46. The van der Waals surface area contributed by atoms with Gasteiger partial charge in [-0.1, -0.05) is 0 Å². The van der Waals surface area contributed by atoms with Crippen LogP contribution in [0.25, 0.3) is 0 Å². The monoisotopic (exact) mass is 323 g/mol. The number of carbonyl (C=O) groups excluding carboxylic acids is 1. The van der Waals surface area contributed by atoms with E-state index in [1.165, 1.54) is 7.11 Å². The number of nitrogens with zero attached hydrogens (tertiary/aromatic N) is 1. The summed E-state index contributed by atoms with van der Waals surface area (Å²) in [5, 5.41) is 6.29. The van der Waals surface area contributed by atoms with E-state index in [9.17, 15) is 4.79 Å². The van der Waals surface area contributed by atoms with Crippen LogP contribution in [0.3, 0.4) is 0 Å². The maximum Gasteiger partial charge on any atom is 0.307 e. The van der Waals surface area contributed by atoms with Crippen LogP contribution < -0.4 is 20.1 Å².